The number of rotatable bonds is 1. The maximum Gasteiger partial charge on any atom is 0.290 e. The van der Waals surface area contributed by atoms with Crippen molar-refractivity contribution in [3.8, 4) is 11.4 Å². The molecule has 4 bridgehead atoms. The number of aromatic nitrogens is 2. The summed E-state index contributed by atoms with van der Waals surface area (Å²) in [6.07, 6.45) is 4.18. The Hall–Kier alpha value is -2.10. The molecule has 8 rings (SSSR count). The van der Waals surface area contributed by atoms with Gasteiger partial charge < -0.3 is 10.4 Å². The summed E-state index contributed by atoms with van der Waals surface area (Å²) in [6.45, 7) is 9.12. The van der Waals surface area contributed by atoms with Gasteiger partial charge in [0.2, 0.25) is 0 Å². The predicted octanol–water partition coefficient (Wildman–Crippen LogP) is 3.99. The smallest absolute Gasteiger partial charge is 0.290 e. The monoisotopic (exact) mass is 376 g/mol. The zero-order valence-corrected chi connectivity index (χ0v) is 17.2. The van der Waals surface area contributed by atoms with Crippen molar-refractivity contribution in [2.75, 3.05) is 0 Å². The van der Waals surface area contributed by atoms with Gasteiger partial charge in [-0.25, -0.2) is 0 Å². The minimum absolute atomic E-state index is 0.187. The van der Waals surface area contributed by atoms with Crippen LogP contribution < -0.4 is 9.46 Å². The van der Waals surface area contributed by atoms with E-state index in [2.05, 4.69) is 39.8 Å². The molecule has 0 N–H and O–H groups in total. The van der Waals surface area contributed by atoms with Gasteiger partial charge in [0.25, 0.3) is 11.4 Å². The first-order chi connectivity index (χ1) is 13.2. The third kappa shape index (κ3) is 1.78. The van der Waals surface area contributed by atoms with Crippen molar-refractivity contribution in [2.24, 2.45) is 22.7 Å². The van der Waals surface area contributed by atoms with Gasteiger partial charge in [-0.3, -0.25) is 0 Å². The molecule has 0 saturated heterocycles. The molecule has 28 heavy (non-hydrogen) atoms. The molecule has 4 heteroatoms. The SMILES string of the molecule is CC1(C)[C@H]2Cc3ccc(-c4ccc5c([n+]4[O-])[C@@H]4C[C@H](C5)C4(C)C)[n+]([O-])c3[C@@H]1C2. The Bertz CT molecular complexity index is 956. The zero-order valence-electron chi connectivity index (χ0n) is 17.2. The molecule has 0 unspecified atom stereocenters. The van der Waals surface area contributed by atoms with Crippen LogP contribution in [0.25, 0.3) is 11.4 Å². The second-order valence-corrected chi connectivity index (χ2v) is 10.9. The van der Waals surface area contributed by atoms with Gasteiger partial charge in [0.05, 0.1) is 11.8 Å². The van der Waals surface area contributed by atoms with E-state index < -0.39 is 0 Å². The van der Waals surface area contributed by atoms with Crippen LogP contribution in [0.2, 0.25) is 0 Å². The van der Waals surface area contributed by atoms with Gasteiger partial charge >= 0.3 is 0 Å². The minimum Gasteiger partial charge on any atom is -0.618 e. The third-order valence-corrected chi connectivity index (χ3v) is 9.21. The summed E-state index contributed by atoms with van der Waals surface area (Å²) in [5.74, 6) is 1.97. The van der Waals surface area contributed by atoms with Crippen molar-refractivity contribution in [3.05, 3.63) is 57.2 Å². The van der Waals surface area contributed by atoms with E-state index in [4.69, 9.17) is 0 Å². The maximum atomic E-state index is 13.4. The molecule has 0 spiro atoms. The zero-order chi connectivity index (χ0) is 19.6. The highest BCUT2D eigenvalue weighted by molar-refractivity contribution is 5.51. The quantitative estimate of drug-likeness (QED) is 0.558. The molecule has 0 amide bonds. The van der Waals surface area contributed by atoms with Crippen LogP contribution in [0.5, 0.6) is 0 Å². The second-order valence-electron chi connectivity index (χ2n) is 10.9. The average Bonchev–Trinajstić information content (AvgIpc) is 2.68. The molecule has 2 saturated carbocycles. The lowest BCUT2D eigenvalue weighted by Crippen LogP contribution is -2.56. The Morgan fingerprint density at radius 3 is 1.46 bits per heavy atom. The Morgan fingerprint density at radius 1 is 0.714 bits per heavy atom. The highest BCUT2D eigenvalue weighted by Crippen LogP contribution is 2.62. The van der Waals surface area contributed by atoms with E-state index in [1.807, 2.05) is 12.1 Å². The van der Waals surface area contributed by atoms with Crippen molar-refractivity contribution in [3.63, 3.8) is 0 Å². The molecule has 0 aromatic carbocycles. The third-order valence-electron chi connectivity index (χ3n) is 9.21. The molecule has 2 aromatic heterocycles. The standard InChI is InChI=1S/C24H28N2O2/c1-23(2)15-9-13-5-7-19(25(27)21(13)17(23)11-15)20-8-6-14-10-16-12-18(24(16,3)4)22(14)26(20)28/h5-8,15-18H,9-12H2,1-4H3/t15-,16-,17-,18-/m0/s1. The normalized spacial score (nSPS) is 32.6. The first-order valence-corrected chi connectivity index (χ1v) is 10.7. The summed E-state index contributed by atoms with van der Waals surface area (Å²) in [7, 11) is 0. The van der Waals surface area contributed by atoms with E-state index in [0.29, 0.717) is 35.1 Å². The number of hydrogen-bond donors (Lipinski definition) is 0. The first kappa shape index (κ1) is 16.8. The van der Waals surface area contributed by atoms with E-state index in [1.54, 1.807) is 0 Å². The molecule has 0 aliphatic heterocycles. The Balaban J connectivity index is 1.51. The predicted molar refractivity (Wildman–Crippen MR) is 106 cm³/mol. The number of nitrogens with zero attached hydrogens (tertiary/aromatic N) is 2. The van der Waals surface area contributed by atoms with E-state index in [0.717, 1.165) is 46.5 Å². The topological polar surface area (TPSA) is 53.9 Å². The van der Waals surface area contributed by atoms with Crippen LogP contribution in [0.1, 0.15) is 74.9 Å². The lowest BCUT2D eigenvalue weighted by molar-refractivity contribution is -0.639. The molecule has 146 valence electrons. The van der Waals surface area contributed by atoms with Crippen LogP contribution in [0.15, 0.2) is 24.3 Å². The van der Waals surface area contributed by atoms with Gasteiger partial charge in [0.1, 0.15) is 0 Å². The fraction of sp³-hybridized carbons (Fsp3) is 0.583. The van der Waals surface area contributed by atoms with Gasteiger partial charge in [0.15, 0.2) is 11.4 Å². The Kier molecular flexibility index (Phi) is 2.94. The van der Waals surface area contributed by atoms with Gasteiger partial charge in [0, 0.05) is 23.3 Å². The lowest BCUT2D eigenvalue weighted by Gasteiger charge is -2.55. The minimum atomic E-state index is 0.187. The fourth-order valence-electron chi connectivity index (χ4n) is 6.82. The largest absolute Gasteiger partial charge is 0.618 e. The molecule has 4 atom stereocenters. The molecule has 2 heterocycles. The molecular formula is C24H28N2O2. The van der Waals surface area contributed by atoms with Gasteiger partial charge in [-0.1, -0.05) is 27.7 Å². The van der Waals surface area contributed by atoms with Crippen molar-refractivity contribution >= 4 is 0 Å². The molecule has 4 nitrogen and oxygen atoms in total. The fourth-order valence-corrected chi connectivity index (χ4v) is 6.82. The molecular weight excluding hydrogens is 348 g/mol. The van der Waals surface area contributed by atoms with Crippen LogP contribution in [-0.4, -0.2) is 0 Å². The summed E-state index contributed by atoms with van der Waals surface area (Å²) >= 11 is 0. The van der Waals surface area contributed by atoms with Crippen LogP contribution in [0, 0.1) is 33.1 Å². The second kappa shape index (κ2) is 4.90. The van der Waals surface area contributed by atoms with Gasteiger partial charge in [-0.15, -0.1) is 0 Å². The van der Waals surface area contributed by atoms with E-state index >= 15 is 0 Å². The highest BCUT2D eigenvalue weighted by atomic mass is 16.5. The van der Waals surface area contributed by atoms with Crippen molar-refractivity contribution in [2.45, 2.75) is 65.2 Å². The Morgan fingerprint density at radius 2 is 1.11 bits per heavy atom. The van der Waals surface area contributed by atoms with Crippen LogP contribution >= 0.6 is 0 Å². The summed E-state index contributed by atoms with van der Waals surface area (Å²) < 4.78 is 2.18. The van der Waals surface area contributed by atoms with Crippen molar-refractivity contribution in [1.82, 2.24) is 0 Å². The highest BCUT2D eigenvalue weighted by Gasteiger charge is 2.58. The molecule has 0 radical (unpaired) electrons. The van der Waals surface area contributed by atoms with Crippen molar-refractivity contribution < 1.29 is 9.46 Å². The van der Waals surface area contributed by atoms with Crippen LogP contribution in [0.3, 0.4) is 0 Å². The van der Waals surface area contributed by atoms with Crippen LogP contribution in [-0.2, 0) is 12.8 Å². The summed E-state index contributed by atoms with van der Waals surface area (Å²) in [4.78, 5) is 0. The lowest BCUT2D eigenvalue weighted by atomic mass is 9.48. The number of hydrogen-bond acceptors (Lipinski definition) is 2. The van der Waals surface area contributed by atoms with Crippen LogP contribution in [0.4, 0.5) is 0 Å². The molecule has 2 fully saturated rings. The van der Waals surface area contributed by atoms with Gasteiger partial charge in [-0.2, -0.15) is 9.46 Å². The average molecular weight is 377 g/mol. The summed E-state index contributed by atoms with van der Waals surface area (Å²) in [5.41, 5.74) is 5.57. The Labute approximate surface area is 166 Å². The maximum absolute atomic E-state index is 13.4. The molecule has 6 aliphatic rings. The van der Waals surface area contributed by atoms with E-state index in [1.165, 1.54) is 11.1 Å². The molecule has 6 aliphatic carbocycles. The molecule has 2 aromatic rings. The van der Waals surface area contributed by atoms with Crippen molar-refractivity contribution in [1.29, 1.82) is 0 Å². The summed E-state index contributed by atoms with van der Waals surface area (Å²) in [5, 5.41) is 26.9. The van der Waals surface area contributed by atoms with Gasteiger partial charge in [-0.05, 0) is 60.5 Å². The number of pyridine rings is 2. The van der Waals surface area contributed by atoms with E-state index in [-0.39, 0.29) is 10.8 Å². The summed E-state index contributed by atoms with van der Waals surface area (Å²) in [6, 6.07) is 7.93. The van der Waals surface area contributed by atoms with E-state index in [9.17, 15) is 10.4 Å². The first-order valence-electron chi connectivity index (χ1n) is 10.7.